The van der Waals surface area contributed by atoms with Crippen LogP contribution < -0.4 is 10.1 Å². The van der Waals surface area contributed by atoms with Gasteiger partial charge in [0.1, 0.15) is 5.75 Å². The monoisotopic (exact) mass is 372 g/mol. The predicted molar refractivity (Wildman–Crippen MR) is 107 cm³/mol. The summed E-state index contributed by atoms with van der Waals surface area (Å²) in [6, 6.07) is 7.23. The molecule has 0 aliphatic heterocycles. The number of hydrogen-bond donors (Lipinski definition) is 1. The molecule has 0 saturated heterocycles. The van der Waals surface area contributed by atoms with Crippen LogP contribution >= 0.6 is 11.3 Å². The number of anilines is 1. The van der Waals surface area contributed by atoms with Crippen LogP contribution in [0.3, 0.4) is 0 Å². The molecule has 1 amide bonds. The molecule has 5 heteroatoms. The molecular formula is C21H28N2O2S. The van der Waals surface area contributed by atoms with Crippen molar-refractivity contribution < 1.29 is 9.53 Å². The van der Waals surface area contributed by atoms with Crippen molar-refractivity contribution >= 4 is 22.4 Å². The van der Waals surface area contributed by atoms with E-state index in [0.717, 1.165) is 24.3 Å². The fourth-order valence-electron chi connectivity index (χ4n) is 3.29. The van der Waals surface area contributed by atoms with E-state index in [4.69, 9.17) is 4.74 Å². The number of carbonyl (C=O) groups excluding carboxylic acids is 1. The highest BCUT2D eigenvalue weighted by Gasteiger charge is 2.30. The Morgan fingerprint density at radius 1 is 1.27 bits per heavy atom. The fraction of sp³-hybridized carbons (Fsp3) is 0.524. The molecule has 2 aromatic rings. The maximum atomic E-state index is 12.5. The van der Waals surface area contributed by atoms with Crippen molar-refractivity contribution in [3.05, 3.63) is 40.4 Å². The van der Waals surface area contributed by atoms with Gasteiger partial charge in [0, 0.05) is 10.4 Å². The Balaban J connectivity index is 1.66. The molecule has 4 nitrogen and oxygen atoms in total. The van der Waals surface area contributed by atoms with Crippen molar-refractivity contribution in [2.24, 2.45) is 11.3 Å². The molecule has 1 aliphatic carbocycles. The van der Waals surface area contributed by atoms with E-state index in [9.17, 15) is 4.79 Å². The molecule has 3 rings (SSSR count). The minimum absolute atomic E-state index is 0.119. The Morgan fingerprint density at radius 2 is 1.96 bits per heavy atom. The van der Waals surface area contributed by atoms with Crippen LogP contribution in [0.5, 0.6) is 5.75 Å². The minimum Gasteiger partial charge on any atom is -0.491 e. The van der Waals surface area contributed by atoms with E-state index in [1.165, 1.54) is 11.3 Å². The third kappa shape index (κ3) is 4.44. The molecule has 1 aromatic carbocycles. The molecule has 1 heterocycles. The number of benzene rings is 1. The van der Waals surface area contributed by atoms with Gasteiger partial charge in [-0.05, 0) is 68.7 Å². The lowest BCUT2D eigenvalue weighted by molar-refractivity contribution is 0.102. The summed E-state index contributed by atoms with van der Waals surface area (Å²) in [6.45, 7) is 10.9. The number of nitrogens with zero attached hydrogens (tertiary/aromatic N) is 1. The second-order valence-corrected chi connectivity index (χ2v) is 9.42. The number of ether oxygens (including phenoxy) is 1. The van der Waals surface area contributed by atoms with Gasteiger partial charge in [0.2, 0.25) is 0 Å². The molecule has 1 aromatic heterocycles. The van der Waals surface area contributed by atoms with Gasteiger partial charge in [-0.1, -0.05) is 20.8 Å². The Hall–Kier alpha value is -1.88. The zero-order chi connectivity index (χ0) is 18.9. The standard InChI is InChI=1S/C21H28N2O2S/c1-13(2)25-16-9-6-14(7-10-16)19(24)23-20-22-17-11-8-15(21(3,4)5)12-18(17)26-20/h6-7,9-10,13,15H,8,11-12H2,1-5H3,(H,22,23,24)/t15-/m1/s1. The van der Waals surface area contributed by atoms with Crippen LogP contribution in [0.4, 0.5) is 5.13 Å². The fourth-order valence-corrected chi connectivity index (χ4v) is 4.38. The molecule has 140 valence electrons. The largest absolute Gasteiger partial charge is 0.491 e. The second-order valence-electron chi connectivity index (χ2n) is 8.34. The van der Waals surface area contributed by atoms with Crippen LogP contribution in [-0.2, 0) is 12.8 Å². The van der Waals surface area contributed by atoms with E-state index in [2.05, 4.69) is 31.1 Å². The SMILES string of the molecule is CC(C)Oc1ccc(C(=O)Nc2nc3c(s2)C[C@H](C(C)(C)C)CC3)cc1. The average molecular weight is 373 g/mol. The number of nitrogens with one attached hydrogen (secondary N) is 1. The number of carbonyl (C=O) groups is 1. The molecule has 0 radical (unpaired) electrons. The van der Waals surface area contributed by atoms with Crippen LogP contribution in [0.25, 0.3) is 0 Å². The topological polar surface area (TPSA) is 51.2 Å². The maximum Gasteiger partial charge on any atom is 0.257 e. The highest BCUT2D eigenvalue weighted by atomic mass is 32.1. The van der Waals surface area contributed by atoms with E-state index in [-0.39, 0.29) is 12.0 Å². The molecule has 1 atom stereocenters. The van der Waals surface area contributed by atoms with E-state index in [1.807, 2.05) is 26.0 Å². The smallest absolute Gasteiger partial charge is 0.257 e. The zero-order valence-corrected chi connectivity index (χ0v) is 17.1. The van der Waals surface area contributed by atoms with Crippen LogP contribution in [0.2, 0.25) is 0 Å². The molecule has 26 heavy (non-hydrogen) atoms. The number of aryl methyl sites for hydroxylation is 1. The predicted octanol–water partition coefficient (Wildman–Crippen LogP) is 5.33. The van der Waals surface area contributed by atoms with Gasteiger partial charge in [0.05, 0.1) is 11.8 Å². The Kier molecular flexibility index (Phi) is 5.37. The average Bonchev–Trinajstić information content (AvgIpc) is 2.95. The molecule has 0 bridgehead atoms. The molecule has 0 unspecified atom stereocenters. The Morgan fingerprint density at radius 3 is 2.58 bits per heavy atom. The number of fused-ring (bicyclic) bond motifs is 1. The molecule has 0 spiro atoms. The minimum atomic E-state index is -0.125. The van der Waals surface area contributed by atoms with Crippen molar-refractivity contribution in [1.82, 2.24) is 4.98 Å². The highest BCUT2D eigenvalue weighted by Crippen LogP contribution is 2.40. The van der Waals surface area contributed by atoms with Gasteiger partial charge < -0.3 is 4.74 Å². The third-order valence-electron chi connectivity index (χ3n) is 4.87. The highest BCUT2D eigenvalue weighted by molar-refractivity contribution is 7.15. The summed E-state index contributed by atoms with van der Waals surface area (Å²) in [4.78, 5) is 18.5. The van der Waals surface area contributed by atoms with Crippen molar-refractivity contribution in [2.75, 3.05) is 5.32 Å². The van der Waals surface area contributed by atoms with Crippen LogP contribution in [-0.4, -0.2) is 17.0 Å². The van der Waals surface area contributed by atoms with Gasteiger partial charge in [-0.15, -0.1) is 11.3 Å². The van der Waals surface area contributed by atoms with Crippen molar-refractivity contribution in [1.29, 1.82) is 0 Å². The van der Waals surface area contributed by atoms with Crippen LogP contribution in [0, 0.1) is 11.3 Å². The number of hydrogen-bond acceptors (Lipinski definition) is 4. The summed E-state index contributed by atoms with van der Waals surface area (Å²) in [7, 11) is 0. The summed E-state index contributed by atoms with van der Waals surface area (Å²) in [5, 5.41) is 3.66. The van der Waals surface area contributed by atoms with Gasteiger partial charge in [-0.3, -0.25) is 10.1 Å². The summed E-state index contributed by atoms with van der Waals surface area (Å²) < 4.78 is 5.62. The third-order valence-corrected chi connectivity index (χ3v) is 5.91. The van der Waals surface area contributed by atoms with Gasteiger partial charge in [0.25, 0.3) is 5.91 Å². The zero-order valence-electron chi connectivity index (χ0n) is 16.3. The second kappa shape index (κ2) is 7.39. The Labute approximate surface area is 160 Å². The molecule has 1 N–H and O–H groups in total. The maximum absolute atomic E-state index is 12.5. The first-order valence-corrected chi connectivity index (χ1v) is 10.1. The molecule has 1 aliphatic rings. The van der Waals surface area contributed by atoms with Crippen LogP contribution in [0.1, 0.15) is 62.0 Å². The number of rotatable bonds is 4. The van der Waals surface area contributed by atoms with Gasteiger partial charge in [-0.2, -0.15) is 0 Å². The van der Waals surface area contributed by atoms with Gasteiger partial charge in [-0.25, -0.2) is 4.98 Å². The quantitative estimate of drug-likeness (QED) is 0.789. The van der Waals surface area contributed by atoms with Crippen molar-refractivity contribution in [3.63, 3.8) is 0 Å². The summed E-state index contributed by atoms with van der Waals surface area (Å²) >= 11 is 1.62. The van der Waals surface area contributed by atoms with E-state index in [1.54, 1.807) is 23.5 Å². The lowest BCUT2D eigenvalue weighted by Crippen LogP contribution is -2.26. The number of thiazole rings is 1. The first kappa shape index (κ1) is 18.9. The van der Waals surface area contributed by atoms with Crippen molar-refractivity contribution in [2.45, 2.75) is 60.0 Å². The lowest BCUT2D eigenvalue weighted by atomic mass is 9.73. The van der Waals surface area contributed by atoms with Crippen LogP contribution in [0.15, 0.2) is 24.3 Å². The lowest BCUT2D eigenvalue weighted by Gasteiger charge is -2.33. The van der Waals surface area contributed by atoms with E-state index in [0.29, 0.717) is 22.0 Å². The summed E-state index contributed by atoms with van der Waals surface area (Å²) in [5.41, 5.74) is 2.08. The van der Waals surface area contributed by atoms with Gasteiger partial charge >= 0.3 is 0 Å². The first-order chi connectivity index (χ1) is 12.2. The van der Waals surface area contributed by atoms with Crippen molar-refractivity contribution in [3.8, 4) is 5.75 Å². The Bertz CT molecular complexity index is 772. The normalized spacial score (nSPS) is 17.1. The summed E-state index contributed by atoms with van der Waals surface area (Å²) in [6.07, 6.45) is 3.36. The van der Waals surface area contributed by atoms with E-state index >= 15 is 0 Å². The number of aromatic nitrogens is 1. The molecule has 0 saturated carbocycles. The van der Waals surface area contributed by atoms with Gasteiger partial charge in [0.15, 0.2) is 5.13 Å². The number of amides is 1. The molecule has 0 fully saturated rings. The first-order valence-electron chi connectivity index (χ1n) is 9.29. The molecular weight excluding hydrogens is 344 g/mol. The summed E-state index contributed by atoms with van der Waals surface area (Å²) in [5.74, 6) is 1.32. The van der Waals surface area contributed by atoms with E-state index < -0.39 is 0 Å².